The Morgan fingerprint density at radius 2 is 2.04 bits per heavy atom. The molecule has 2 aromatic rings. The summed E-state index contributed by atoms with van der Waals surface area (Å²) in [6.45, 7) is 2.12. The van der Waals surface area contributed by atoms with E-state index in [2.05, 4.69) is 5.32 Å². The molecule has 1 aliphatic heterocycles. The molecule has 150 valence electrons. The Kier molecular flexibility index (Phi) is 5.74. The molecule has 1 saturated heterocycles. The highest BCUT2D eigenvalue weighted by Crippen LogP contribution is 2.47. The van der Waals surface area contributed by atoms with E-state index in [9.17, 15) is 14.7 Å². The maximum atomic E-state index is 13.0. The number of rotatable bonds is 7. The molecule has 28 heavy (non-hydrogen) atoms. The second-order valence-electron chi connectivity index (χ2n) is 7.13. The van der Waals surface area contributed by atoms with E-state index in [0.717, 1.165) is 5.56 Å². The van der Waals surface area contributed by atoms with Gasteiger partial charge < -0.3 is 19.6 Å². The van der Waals surface area contributed by atoms with E-state index in [-0.39, 0.29) is 24.9 Å². The standard InChI is InChI=1S/C21H26N2O5/c1-4-21(20(25)26)12-17(19(24)22-13-16-6-5-11-28-16)18(23(21)2)14-7-9-15(27-3)10-8-14/h5-11,17-18H,4,12-13H2,1-3H3,(H,22,24)(H,25,26)/t17-,18-,21-/m1/s1. The molecule has 2 N–H and O–H groups in total. The minimum atomic E-state index is -1.09. The number of likely N-dealkylation sites (N-methyl/N-ethyl adjacent to an activating group) is 1. The van der Waals surface area contributed by atoms with Crippen LogP contribution in [-0.2, 0) is 16.1 Å². The first-order valence-electron chi connectivity index (χ1n) is 9.33. The fraction of sp³-hybridized carbons (Fsp3) is 0.429. The van der Waals surface area contributed by atoms with Crippen molar-refractivity contribution in [2.24, 2.45) is 5.92 Å². The van der Waals surface area contributed by atoms with Gasteiger partial charge in [0, 0.05) is 6.04 Å². The van der Waals surface area contributed by atoms with Crippen molar-refractivity contribution in [2.75, 3.05) is 14.2 Å². The van der Waals surface area contributed by atoms with Crippen LogP contribution >= 0.6 is 0 Å². The zero-order chi connectivity index (χ0) is 20.3. The van der Waals surface area contributed by atoms with E-state index in [4.69, 9.17) is 9.15 Å². The van der Waals surface area contributed by atoms with Crippen LogP contribution in [0.4, 0.5) is 0 Å². The summed E-state index contributed by atoms with van der Waals surface area (Å²) in [7, 11) is 3.38. The molecule has 1 aromatic carbocycles. The second-order valence-corrected chi connectivity index (χ2v) is 7.13. The molecule has 0 unspecified atom stereocenters. The van der Waals surface area contributed by atoms with Crippen LogP contribution in [0.15, 0.2) is 47.1 Å². The third-order valence-corrected chi connectivity index (χ3v) is 5.83. The number of likely N-dealkylation sites (tertiary alicyclic amines) is 1. The number of carboxylic acid groups (broad SMARTS) is 1. The molecule has 0 bridgehead atoms. The molecular weight excluding hydrogens is 360 g/mol. The van der Waals surface area contributed by atoms with Crippen molar-refractivity contribution in [3.63, 3.8) is 0 Å². The van der Waals surface area contributed by atoms with Crippen molar-refractivity contribution >= 4 is 11.9 Å². The van der Waals surface area contributed by atoms with E-state index in [1.54, 1.807) is 32.6 Å². The van der Waals surface area contributed by atoms with Gasteiger partial charge in [-0.15, -0.1) is 0 Å². The van der Waals surface area contributed by atoms with Crippen LogP contribution in [0.5, 0.6) is 5.75 Å². The number of carboxylic acids is 1. The van der Waals surface area contributed by atoms with Gasteiger partial charge in [-0.1, -0.05) is 19.1 Å². The second kappa shape index (κ2) is 8.06. The van der Waals surface area contributed by atoms with Gasteiger partial charge in [-0.05, 0) is 49.7 Å². The fourth-order valence-corrected chi connectivity index (χ4v) is 4.15. The number of aliphatic carboxylic acids is 1. The van der Waals surface area contributed by atoms with E-state index < -0.39 is 17.4 Å². The number of nitrogens with one attached hydrogen (secondary N) is 1. The Morgan fingerprint density at radius 3 is 2.57 bits per heavy atom. The maximum absolute atomic E-state index is 13.0. The van der Waals surface area contributed by atoms with Gasteiger partial charge in [0.1, 0.15) is 17.0 Å². The number of nitrogens with zero attached hydrogens (tertiary/aromatic N) is 1. The Hall–Kier alpha value is -2.80. The van der Waals surface area contributed by atoms with E-state index in [0.29, 0.717) is 17.9 Å². The summed E-state index contributed by atoms with van der Waals surface area (Å²) in [6.07, 6.45) is 2.21. The number of carbonyl (C=O) groups excluding carboxylic acids is 1. The summed E-state index contributed by atoms with van der Waals surface area (Å²) >= 11 is 0. The van der Waals surface area contributed by atoms with Gasteiger partial charge in [0.25, 0.3) is 0 Å². The highest BCUT2D eigenvalue weighted by molar-refractivity contribution is 5.85. The molecular formula is C21H26N2O5. The van der Waals surface area contributed by atoms with E-state index >= 15 is 0 Å². The third kappa shape index (κ3) is 3.49. The topological polar surface area (TPSA) is 92.0 Å². The molecule has 7 heteroatoms. The van der Waals surface area contributed by atoms with Crippen LogP contribution in [0.2, 0.25) is 0 Å². The highest BCUT2D eigenvalue weighted by atomic mass is 16.5. The molecule has 0 saturated carbocycles. The Bertz CT molecular complexity index is 818. The van der Waals surface area contributed by atoms with Gasteiger partial charge in [0.15, 0.2) is 0 Å². The van der Waals surface area contributed by atoms with Gasteiger partial charge in [-0.3, -0.25) is 14.5 Å². The third-order valence-electron chi connectivity index (χ3n) is 5.83. The summed E-state index contributed by atoms with van der Waals surface area (Å²) in [4.78, 5) is 27.0. The molecule has 0 radical (unpaired) electrons. The number of furan rings is 1. The average molecular weight is 386 g/mol. The summed E-state index contributed by atoms with van der Waals surface area (Å²) in [5.74, 6) is -0.216. The summed E-state index contributed by atoms with van der Waals surface area (Å²) < 4.78 is 10.5. The van der Waals surface area contributed by atoms with Gasteiger partial charge in [-0.25, -0.2) is 0 Å². The van der Waals surface area contributed by atoms with Crippen LogP contribution in [0.1, 0.15) is 37.1 Å². The van der Waals surface area contributed by atoms with Crippen molar-refractivity contribution in [1.82, 2.24) is 10.2 Å². The van der Waals surface area contributed by atoms with Crippen molar-refractivity contribution in [3.05, 3.63) is 54.0 Å². The van der Waals surface area contributed by atoms with Gasteiger partial charge in [0.05, 0.1) is 25.8 Å². The van der Waals surface area contributed by atoms with Crippen LogP contribution in [0, 0.1) is 5.92 Å². The van der Waals surface area contributed by atoms with Crippen molar-refractivity contribution < 1.29 is 23.8 Å². The lowest BCUT2D eigenvalue weighted by Gasteiger charge is -2.34. The smallest absolute Gasteiger partial charge is 0.324 e. The predicted octanol–water partition coefficient (Wildman–Crippen LogP) is 2.83. The fourth-order valence-electron chi connectivity index (χ4n) is 4.15. The van der Waals surface area contributed by atoms with Crippen LogP contribution < -0.4 is 10.1 Å². The zero-order valence-corrected chi connectivity index (χ0v) is 16.3. The minimum Gasteiger partial charge on any atom is -0.497 e. The minimum absolute atomic E-state index is 0.180. The van der Waals surface area contributed by atoms with Crippen LogP contribution in [0.25, 0.3) is 0 Å². The normalized spacial score (nSPS) is 24.8. The van der Waals surface area contributed by atoms with E-state index in [1.165, 1.54) is 0 Å². The molecule has 1 aromatic heterocycles. The lowest BCUT2D eigenvalue weighted by molar-refractivity contribution is -0.150. The lowest BCUT2D eigenvalue weighted by atomic mass is 9.87. The first-order chi connectivity index (χ1) is 13.4. The molecule has 7 nitrogen and oxygen atoms in total. The van der Waals surface area contributed by atoms with Crippen molar-refractivity contribution in [1.29, 1.82) is 0 Å². The number of ether oxygens (including phenoxy) is 1. The summed E-state index contributed by atoms with van der Waals surface area (Å²) in [5, 5.41) is 12.8. The first-order valence-corrected chi connectivity index (χ1v) is 9.33. The summed E-state index contributed by atoms with van der Waals surface area (Å²) in [5.41, 5.74) is -0.199. The first kappa shape index (κ1) is 19.9. The van der Waals surface area contributed by atoms with Crippen LogP contribution in [0.3, 0.4) is 0 Å². The predicted molar refractivity (Wildman–Crippen MR) is 103 cm³/mol. The molecule has 3 atom stereocenters. The molecule has 0 aliphatic carbocycles. The number of carbonyl (C=O) groups is 2. The zero-order valence-electron chi connectivity index (χ0n) is 16.3. The maximum Gasteiger partial charge on any atom is 0.324 e. The van der Waals surface area contributed by atoms with E-state index in [1.807, 2.05) is 36.1 Å². The quantitative estimate of drug-likeness (QED) is 0.760. The molecule has 1 amide bonds. The number of amides is 1. The lowest BCUT2D eigenvalue weighted by Crippen LogP contribution is -2.48. The molecule has 1 aliphatic rings. The number of hydrogen-bond donors (Lipinski definition) is 2. The number of methoxy groups -OCH3 is 1. The van der Waals surface area contributed by atoms with Gasteiger partial charge in [0.2, 0.25) is 5.91 Å². The van der Waals surface area contributed by atoms with Crippen molar-refractivity contribution in [2.45, 2.75) is 37.9 Å². The molecule has 0 spiro atoms. The average Bonchev–Trinajstić information content (AvgIpc) is 3.32. The largest absolute Gasteiger partial charge is 0.497 e. The molecule has 2 heterocycles. The molecule has 1 fully saturated rings. The number of hydrogen-bond acceptors (Lipinski definition) is 5. The number of benzene rings is 1. The highest BCUT2D eigenvalue weighted by Gasteiger charge is 2.56. The van der Waals surface area contributed by atoms with Crippen molar-refractivity contribution in [3.8, 4) is 5.75 Å². The Labute approximate surface area is 164 Å². The SMILES string of the molecule is CC[C@]1(C(=O)O)C[C@@H](C(=O)NCc2ccco2)[C@@H](c2ccc(OC)cc2)N1C. The van der Waals surface area contributed by atoms with Gasteiger partial charge in [-0.2, -0.15) is 0 Å². The van der Waals surface area contributed by atoms with Gasteiger partial charge >= 0.3 is 5.97 Å². The Morgan fingerprint density at radius 1 is 1.32 bits per heavy atom. The molecule has 3 rings (SSSR count). The van der Waals surface area contributed by atoms with Crippen LogP contribution in [-0.4, -0.2) is 41.6 Å². The monoisotopic (exact) mass is 386 g/mol. The Balaban J connectivity index is 1.90. The summed E-state index contributed by atoms with van der Waals surface area (Å²) in [6, 6.07) is 10.6.